The van der Waals surface area contributed by atoms with Crippen LogP contribution < -0.4 is 10.9 Å². The summed E-state index contributed by atoms with van der Waals surface area (Å²) in [6, 6.07) is 9.48. The molecule has 3 aromatic heterocycles. The second-order valence-electron chi connectivity index (χ2n) is 9.98. The van der Waals surface area contributed by atoms with Crippen molar-refractivity contribution < 1.29 is 22.4 Å². The SMILES string of the molecule is CCc1ccc2c(c1)c1c3cccnc3oc(=O)c1n2Cc1c(F)c(F)cc(C(=O)NC(C)(C)C)c1F. The van der Waals surface area contributed by atoms with Gasteiger partial charge >= 0.3 is 5.63 Å². The van der Waals surface area contributed by atoms with Gasteiger partial charge in [-0.15, -0.1) is 0 Å². The standard InChI is InChI=1S/C28H24F3N3O3/c1-5-14-8-9-20-16(11-14)21-15-7-6-10-32-26(15)37-27(36)24(21)34(20)13-18-22(30)17(12-19(29)23(18)31)25(35)33-28(2,3)4/h6-12H,5,13H2,1-4H3,(H,33,35). The predicted octanol–water partition coefficient (Wildman–Crippen LogP) is 5.85. The summed E-state index contributed by atoms with van der Waals surface area (Å²) in [6.07, 6.45) is 2.22. The molecule has 0 aliphatic rings. The molecule has 2 aromatic carbocycles. The average Bonchev–Trinajstić information content (AvgIpc) is 3.17. The number of benzene rings is 2. The summed E-state index contributed by atoms with van der Waals surface area (Å²) in [4.78, 5) is 30.0. The molecule has 37 heavy (non-hydrogen) atoms. The van der Waals surface area contributed by atoms with E-state index < -0.39 is 52.2 Å². The highest BCUT2D eigenvalue weighted by atomic mass is 19.2. The van der Waals surface area contributed by atoms with Crippen molar-refractivity contribution in [3.63, 3.8) is 0 Å². The van der Waals surface area contributed by atoms with Crippen molar-refractivity contribution in [2.75, 3.05) is 0 Å². The van der Waals surface area contributed by atoms with Crippen molar-refractivity contribution in [1.29, 1.82) is 0 Å². The second-order valence-corrected chi connectivity index (χ2v) is 9.98. The summed E-state index contributed by atoms with van der Waals surface area (Å²) < 4.78 is 52.1. The van der Waals surface area contributed by atoms with Crippen molar-refractivity contribution in [2.45, 2.75) is 46.2 Å². The van der Waals surface area contributed by atoms with E-state index >= 15 is 8.78 Å². The van der Waals surface area contributed by atoms with Gasteiger partial charge in [0.15, 0.2) is 11.6 Å². The summed E-state index contributed by atoms with van der Waals surface area (Å²) in [6.45, 7) is 6.49. The largest absolute Gasteiger partial charge is 0.402 e. The number of amides is 1. The minimum absolute atomic E-state index is 0.0625. The van der Waals surface area contributed by atoms with Gasteiger partial charge in [-0.25, -0.2) is 22.9 Å². The number of carbonyl (C=O) groups is 1. The van der Waals surface area contributed by atoms with Gasteiger partial charge in [-0.2, -0.15) is 0 Å². The fraction of sp³-hybridized carbons (Fsp3) is 0.250. The van der Waals surface area contributed by atoms with Crippen LogP contribution in [0.25, 0.3) is 32.9 Å². The summed E-state index contributed by atoms with van der Waals surface area (Å²) in [5.41, 5.74) is -1.11. The maximum Gasteiger partial charge on any atom is 0.362 e. The quantitative estimate of drug-likeness (QED) is 0.310. The van der Waals surface area contributed by atoms with Crippen LogP contribution in [0.5, 0.6) is 0 Å². The Morgan fingerprint density at radius 3 is 2.54 bits per heavy atom. The maximum atomic E-state index is 15.6. The van der Waals surface area contributed by atoms with Gasteiger partial charge in [0.05, 0.1) is 12.1 Å². The van der Waals surface area contributed by atoms with E-state index in [2.05, 4.69) is 10.3 Å². The Kier molecular flexibility index (Phi) is 5.81. The van der Waals surface area contributed by atoms with Crippen LogP contribution in [0.2, 0.25) is 0 Å². The van der Waals surface area contributed by atoms with Crippen LogP contribution in [0.3, 0.4) is 0 Å². The molecule has 5 rings (SSSR count). The minimum Gasteiger partial charge on any atom is -0.402 e. The van der Waals surface area contributed by atoms with Crippen LogP contribution in [-0.2, 0) is 13.0 Å². The van der Waals surface area contributed by atoms with Gasteiger partial charge in [-0.3, -0.25) is 4.79 Å². The Morgan fingerprint density at radius 2 is 1.84 bits per heavy atom. The number of fused-ring (bicyclic) bond motifs is 5. The average molecular weight is 508 g/mol. The van der Waals surface area contributed by atoms with Crippen LogP contribution in [-0.4, -0.2) is 21.0 Å². The first-order chi connectivity index (χ1) is 17.5. The molecule has 0 unspecified atom stereocenters. The smallest absolute Gasteiger partial charge is 0.362 e. The molecule has 9 heteroatoms. The molecular weight excluding hydrogens is 483 g/mol. The van der Waals surface area contributed by atoms with E-state index in [0.717, 1.165) is 12.0 Å². The van der Waals surface area contributed by atoms with Gasteiger partial charge in [-0.1, -0.05) is 13.0 Å². The highest BCUT2D eigenvalue weighted by Crippen LogP contribution is 2.34. The number of carbonyl (C=O) groups excluding carboxylic acids is 1. The Hall–Kier alpha value is -4.14. The first-order valence-electron chi connectivity index (χ1n) is 11.8. The highest BCUT2D eigenvalue weighted by Gasteiger charge is 2.27. The third-order valence-electron chi connectivity index (χ3n) is 6.26. The molecule has 1 amide bonds. The highest BCUT2D eigenvalue weighted by molar-refractivity contribution is 6.18. The Balaban J connectivity index is 1.81. The van der Waals surface area contributed by atoms with Crippen LogP contribution in [0.4, 0.5) is 13.2 Å². The van der Waals surface area contributed by atoms with Gasteiger partial charge in [-0.05, 0) is 63.1 Å². The van der Waals surface area contributed by atoms with E-state index in [0.29, 0.717) is 27.7 Å². The van der Waals surface area contributed by atoms with E-state index in [1.54, 1.807) is 39.0 Å². The van der Waals surface area contributed by atoms with Crippen LogP contribution >= 0.6 is 0 Å². The third kappa shape index (κ3) is 4.14. The molecule has 0 fully saturated rings. The van der Waals surface area contributed by atoms with E-state index in [9.17, 15) is 14.0 Å². The number of nitrogens with one attached hydrogen (secondary N) is 1. The molecule has 0 saturated heterocycles. The molecule has 0 spiro atoms. The first kappa shape index (κ1) is 24.5. The molecule has 0 radical (unpaired) electrons. The van der Waals surface area contributed by atoms with Crippen molar-refractivity contribution in [1.82, 2.24) is 14.9 Å². The lowest BCUT2D eigenvalue weighted by atomic mass is 10.0. The number of pyridine rings is 1. The number of hydrogen-bond acceptors (Lipinski definition) is 4. The molecule has 0 aliphatic heterocycles. The lowest BCUT2D eigenvalue weighted by molar-refractivity contribution is 0.0914. The molecule has 0 saturated carbocycles. The first-order valence-corrected chi connectivity index (χ1v) is 11.8. The van der Waals surface area contributed by atoms with Crippen molar-refractivity contribution >= 4 is 38.8 Å². The summed E-state index contributed by atoms with van der Waals surface area (Å²) >= 11 is 0. The van der Waals surface area contributed by atoms with E-state index in [4.69, 9.17) is 4.42 Å². The number of nitrogens with zero attached hydrogens (tertiary/aromatic N) is 2. The molecule has 0 aliphatic carbocycles. The molecular formula is C28H24F3N3O3. The normalized spacial score (nSPS) is 12.1. The Labute approximate surface area is 209 Å². The molecule has 190 valence electrons. The molecule has 1 N–H and O–H groups in total. The number of aryl methyl sites for hydroxylation is 1. The van der Waals surface area contributed by atoms with E-state index in [-0.39, 0.29) is 11.2 Å². The Morgan fingerprint density at radius 1 is 1.08 bits per heavy atom. The number of rotatable bonds is 4. The third-order valence-corrected chi connectivity index (χ3v) is 6.26. The van der Waals surface area contributed by atoms with Crippen molar-refractivity contribution in [3.8, 4) is 0 Å². The van der Waals surface area contributed by atoms with Gasteiger partial charge in [0.2, 0.25) is 5.71 Å². The van der Waals surface area contributed by atoms with E-state index in [1.165, 1.54) is 10.8 Å². The fourth-order valence-corrected chi connectivity index (χ4v) is 4.60. The fourth-order valence-electron chi connectivity index (χ4n) is 4.60. The Bertz CT molecular complexity index is 1780. The molecule has 0 bridgehead atoms. The summed E-state index contributed by atoms with van der Waals surface area (Å²) in [5.74, 6) is -4.88. The lowest BCUT2D eigenvalue weighted by Gasteiger charge is -2.21. The zero-order valence-corrected chi connectivity index (χ0v) is 20.7. The van der Waals surface area contributed by atoms with Gasteiger partial charge in [0.25, 0.3) is 5.91 Å². The number of aromatic nitrogens is 2. The maximum absolute atomic E-state index is 15.6. The summed E-state index contributed by atoms with van der Waals surface area (Å²) in [5, 5.41) is 4.31. The molecule has 0 atom stereocenters. The van der Waals surface area contributed by atoms with E-state index in [1.807, 2.05) is 19.1 Å². The molecule has 6 nitrogen and oxygen atoms in total. The second kappa shape index (κ2) is 8.76. The van der Waals surface area contributed by atoms with Crippen LogP contribution in [0, 0.1) is 17.5 Å². The molecule has 3 heterocycles. The number of hydrogen-bond donors (Lipinski definition) is 1. The van der Waals surface area contributed by atoms with Crippen molar-refractivity contribution in [2.24, 2.45) is 0 Å². The van der Waals surface area contributed by atoms with Gasteiger partial charge in [0, 0.05) is 39.0 Å². The monoisotopic (exact) mass is 507 g/mol. The van der Waals surface area contributed by atoms with Gasteiger partial charge < -0.3 is 14.3 Å². The lowest BCUT2D eigenvalue weighted by Crippen LogP contribution is -2.41. The topological polar surface area (TPSA) is 77.1 Å². The van der Waals surface area contributed by atoms with Gasteiger partial charge in [0.1, 0.15) is 11.3 Å². The minimum atomic E-state index is -1.43. The zero-order valence-electron chi connectivity index (χ0n) is 20.7. The summed E-state index contributed by atoms with van der Waals surface area (Å²) in [7, 11) is 0. The van der Waals surface area contributed by atoms with Crippen molar-refractivity contribution in [3.05, 3.63) is 87.2 Å². The van der Waals surface area contributed by atoms with Crippen LogP contribution in [0.15, 0.2) is 51.8 Å². The number of halogens is 3. The predicted molar refractivity (Wildman–Crippen MR) is 135 cm³/mol. The zero-order chi connectivity index (χ0) is 26.6. The van der Waals surface area contributed by atoms with Crippen LogP contribution in [0.1, 0.15) is 49.2 Å². The molecule has 5 aromatic rings.